The quantitative estimate of drug-likeness (QED) is 0.648. The lowest BCUT2D eigenvalue weighted by Crippen LogP contribution is -2.22. The Morgan fingerprint density at radius 2 is 2.00 bits per heavy atom. The molecule has 0 radical (unpaired) electrons. The molecule has 0 atom stereocenters. The molecule has 0 aliphatic heterocycles. The second-order valence-electron chi connectivity index (χ2n) is 6.07. The van der Waals surface area contributed by atoms with Crippen molar-refractivity contribution in [1.82, 2.24) is 10.3 Å². The molecule has 0 unspecified atom stereocenters. The molecule has 27 heavy (non-hydrogen) atoms. The fourth-order valence-corrected chi connectivity index (χ4v) is 2.80. The molecule has 6 heteroatoms. The SMILES string of the molecule is COc1ccc(Cl)cc1Nc1ccc(C(=O)NCc2cccc(C)c2)cn1. The number of nitrogens with zero attached hydrogens (tertiary/aromatic N) is 1. The summed E-state index contributed by atoms with van der Waals surface area (Å²) in [5, 5.41) is 6.63. The summed E-state index contributed by atoms with van der Waals surface area (Å²) < 4.78 is 5.30. The molecule has 138 valence electrons. The van der Waals surface area contributed by atoms with Gasteiger partial charge in [0.25, 0.3) is 5.91 Å². The van der Waals surface area contributed by atoms with Gasteiger partial charge in [0, 0.05) is 17.8 Å². The standard InChI is InChI=1S/C21H20ClN3O2/c1-14-4-3-5-15(10-14)12-24-21(26)16-6-9-20(23-13-16)25-18-11-17(22)7-8-19(18)27-2/h3-11,13H,12H2,1-2H3,(H,23,25)(H,24,26). The number of halogens is 1. The second kappa shape index (κ2) is 8.56. The summed E-state index contributed by atoms with van der Waals surface area (Å²) in [5.74, 6) is 1.07. The van der Waals surface area contributed by atoms with Gasteiger partial charge in [-0.1, -0.05) is 41.4 Å². The van der Waals surface area contributed by atoms with Crippen LogP contribution in [0.5, 0.6) is 5.75 Å². The lowest BCUT2D eigenvalue weighted by atomic mass is 10.1. The lowest BCUT2D eigenvalue weighted by molar-refractivity contribution is 0.0950. The number of carbonyl (C=O) groups is 1. The van der Waals surface area contributed by atoms with E-state index < -0.39 is 0 Å². The Balaban J connectivity index is 1.64. The van der Waals surface area contributed by atoms with Gasteiger partial charge in [0.15, 0.2) is 0 Å². The highest BCUT2D eigenvalue weighted by atomic mass is 35.5. The molecule has 3 aromatic rings. The highest BCUT2D eigenvalue weighted by Crippen LogP contribution is 2.29. The van der Waals surface area contributed by atoms with Crippen LogP contribution in [-0.4, -0.2) is 18.0 Å². The zero-order valence-corrected chi connectivity index (χ0v) is 15.9. The molecule has 1 heterocycles. The summed E-state index contributed by atoms with van der Waals surface area (Å²) in [5.41, 5.74) is 3.42. The van der Waals surface area contributed by atoms with Crippen LogP contribution in [0.25, 0.3) is 0 Å². The summed E-state index contributed by atoms with van der Waals surface area (Å²) >= 11 is 6.03. The number of aromatic nitrogens is 1. The van der Waals surface area contributed by atoms with Crippen molar-refractivity contribution < 1.29 is 9.53 Å². The van der Waals surface area contributed by atoms with E-state index in [1.165, 1.54) is 6.20 Å². The maximum Gasteiger partial charge on any atom is 0.253 e. The van der Waals surface area contributed by atoms with Gasteiger partial charge in [0.2, 0.25) is 0 Å². The van der Waals surface area contributed by atoms with E-state index in [0.717, 1.165) is 11.1 Å². The summed E-state index contributed by atoms with van der Waals surface area (Å²) in [6, 6.07) is 16.8. The van der Waals surface area contributed by atoms with Crippen molar-refractivity contribution in [2.75, 3.05) is 12.4 Å². The topological polar surface area (TPSA) is 63.2 Å². The van der Waals surface area contributed by atoms with Gasteiger partial charge in [-0.2, -0.15) is 0 Å². The molecule has 3 rings (SSSR count). The van der Waals surface area contributed by atoms with Crippen molar-refractivity contribution in [3.63, 3.8) is 0 Å². The zero-order valence-electron chi connectivity index (χ0n) is 15.1. The first kappa shape index (κ1) is 18.7. The van der Waals surface area contributed by atoms with E-state index in [4.69, 9.17) is 16.3 Å². The zero-order chi connectivity index (χ0) is 19.2. The molecule has 0 aliphatic carbocycles. The van der Waals surface area contributed by atoms with Gasteiger partial charge in [-0.25, -0.2) is 4.98 Å². The molecule has 1 amide bonds. The molecular weight excluding hydrogens is 362 g/mol. The minimum absolute atomic E-state index is 0.170. The Morgan fingerprint density at radius 1 is 1.15 bits per heavy atom. The van der Waals surface area contributed by atoms with Crippen LogP contribution < -0.4 is 15.4 Å². The molecule has 5 nitrogen and oxygen atoms in total. The number of ether oxygens (including phenoxy) is 1. The van der Waals surface area contributed by atoms with E-state index in [0.29, 0.717) is 34.4 Å². The first-order chi connectivity index (χ1) is 13.0. The van der Waals surface area contributed by atoms with Crippen molar-refractivity contribution in [2.45, 2.75) is 13.5 Å². The molecule has 2 N–H and O–H groups in total. The number of amides is 1. The number of carbonyl (C=O) groups excluding carboxylic acids is 1. The molecule has 0 saturated carbocycles. The Kier molecular flexibility index (Phi) is 5.94. The smallest absolute Gasteiger partial charge is 0.253 e. The maximum absolute atomic E-state index is 12.3. The van der Waals surface area contributed by atoms with E-state index in [2.05, 4.69) is 15.6 Å². The summed E-state index contributed by atoms with van der Waals surface area (Å²) in [7, 11) is 1.59. The van der Waals surface area contributed by atoms with Gasteiger partial charge in [0.05, 0.1) is 18.4 Å². The first-order valence-electron chi connectivity index (χ1n) is 8.45. The molecule has 0 fully saturated rings. The predicted octanol–water partition coefficient (Wildman–Crippen LogP) is 4.73. The fraction of sp³-hybridized carbons (Fsp3) is 0.143. The van der Waals surface area contributed by atoms with Gasteiger partial charge < -0.3 is 15.4 Å². The largest absolute Gasteiger partial charge is 0.495 e. The predicted molar refractivity (Wildman–Crippen MR) is 108 cm³/mol. The van der Waals surface area contributed by atoms with Crippen LogP contribution in [0.1, 0.15) is 21.5 Å². The minimum Gasteiger partial charge on any atom is -0.495 e. The number of aryl methyl sites for hydroxylation is 1. The van der Waals surface area contributed by atoms with Crippen LogP contribution in [0.3, 0.4) is 0 Å². The van der Waals surface area contributed by atoms with Crippen LogP contribution in [0.2, 0.25) is 5.02 Å². The Bertz CT molecular complexity index is 942. The van der Waals surface area contributed by atoms with Crippen molar-refractivity contribution in [1.29, 1.82) is 0 Å². The summed E-state index contributed by atoms with van der Waals surface area (Å²) in [6.45, 7) is 2.50. The van der Waals surface area contributed by atoms with Crippen molar-refractivity contribution in [2.24, 2.45) is 0 Å². The third kappa shape index (κ3) is 4.99. The van der Waals surface area contributed by atoms with E-state index in [1.54, 1.807) is 37.4 Å². The number of methoxy groups -OCH3 is 1. The van der Waals surface area contributed by atoms with E-state index in [-0.39, 0.29) is 5.91 Å². The van der Waals surface area contributed by atoms with Gasteiger partial charge in [0.1, 0.15) is 11.6 Å². The molecule has 0 aliphatic rings. The molecular formula is C21H20ClN3O2. The Labute approximate surface area is 163 Å². The van der Waals surface area contributed by atoms with Crippen LogP contribution >= 0.6 is 11.6 Å². The maximum atomic E-state index is 12.3. The average Bonchev–Trinajstić information content (AvgIpc) is 2.67. The average molecular weight is 382 g/mol. The number of hydrogen-bond donors (Lipinski definition) is 2. The monoisotopic (exact) mass is 381 g/mol. The molecule has 0 saturated heterocycles. The van der Waals surface area contributed by atoms with E-state index >= 15 is 0 Å². The van der Waals surface area contributed by atoms with Crippen LogP contribution in [-0.2, 0) is 6.54 Å². The molecule has 0 spiro atoms. The van der Waals surface area contributed by atoms with Crippen LogP contribution in [0.15, 0.2) is 60.8 Å². The second-order valence-corrected chi connectivity index (χ2v) is 6.51. The number of rotatable bonds is 6. The lowest BCUT2D eigenvalue weighted by Gasteiger charge is -2.11. The number of anilines is 2. The highest BCUT2D eigenvalue weighted by molar-refractivity contribution is 6.31. The normalized spacial score (nSPS) is 10.3. The summed E-state index contributed by atoms with van der Waals surface area (Å²) in [6.07, 6.45) is 1.53. The Hall–Kier alpha value is -3.05. The van der Waals surface area contributed by atoms with Crippen LogP contribution in [0, 0.1) is 6.92 Å². The fourth-order valence-electron chi connectivity index (χ4n) is 2.62. The molecule has 2 aromatic carbocycles. The van der Waals surface area contributed by atoms with Gasteiger partial charge in [-0.15, -0.1) is 0 Å². The Morgan fingerprint density at radius 3 is 2.70 bits per heavy atom. The number of hydrogen-bond acceptors (Lipinski definition) is 4. The summed E-state index contributed by atoms with van der Waals surface area (Å²) in [4.78, 5) is 16.6. The van der Waals surface area contributed by atoms with E-state index in [1.807, 2.05) is 31.2 Å². The third-order valence-corrected chi connectivity index (χ3v) is 4.22. The molecule has 0 bridgehead atoms. The molecule has 1 aromatic heterocycles. The number of pyridine rings is 1. The van der Waals surface area contributed by atoms with Gasteiger partial charge in [-0.05, 0) is 42.8 Å². The van der Waals surface area contributed by atoms with Gasteiger partial charge in [-0.3, -0.25) is 4.79 Å². The van der Waals surface area contributed by atoms with Crippen molar-refractivity contribution >= 4 is 29.0 Å². The number of nitrogens with one attached hydrogen (secondary N) is 2. The minimum atomic E-state index is -0.170. The van der Waals surface area contributed by atoms with Crippen LogP contribution in [0.4, 0.5) is 11.5 Å². The van der Waals surface area contributed by atoms with E-state index in [9.17, 15) is 4.79 Å². The van der Waals surface area contributed by atoms with Crippen molar-refractivity contribution in [3.8, 4) is 5.75 Å². The van der Waals surface area contributed by atoms with Gasteiger partial charge >= 0.3 is 0 Å². The van der Waals surface area contributed by atoms with Crippen molar-refractivity contribution in [3.05, 3.63) is 82.5 Å². The highest BCUT2D eigenvalue weighted by Gasteiger charge is 2.08. The number of benzene rings is 2. The first-order valence-corrected chi connectivity index (χ1v) is 8.83. The third-order valence-electron chi connectivity index (χ3n) is 3.99.